The van der Waals surface area contributed by atoms with Crippen LogP contribution in [0.5, 0.6) is 28.7 Å². The summed E-state index contributed by atoms with van der Waals surface area (Å²) in [5.74, 6) is 1.69. The van der Waals surface area contributed by atoms with E-state index in [2.05, 4.69) is 19.9 Å². The third-order valence-electron chi connectivity index (χ3n) is 6.13. The molecule has 0 radical (unpaired) electrons. The number of aromatic hydroxyl groups is 3. The molecule has 4 rings (SSSR count). The van der Waals surface area contributed by atoms with Gasteiger partial charge in [-0.2, -0.15) is 0 Å². The van der Waals surface area contributed by atoms with Gasteiger partial charge >= 0.3 is 0 Å². The molecule has 150 valence electrons. The van der Waals surface area contributed by atoms with E-state index in [1.54, 1.807) is 18.2 Å². The van der Waals surface area contributed by atoms with E-state index >= 15 is 0 Å². The minimum atomic E-state index is -0.0767. The molecule has 1 atom stereocenters. The number of phenols is 3. The van der Waals surface area contributed by atoms with Crippen molar-refractivity contribution in [2.75, 3.05) is 0 Å². The minimum Gasteiger partial charge on any atom is -0.508 e. The first kappa shape index (κ1) is 19.2. The lowest BCUT2D eigenvalue weighted by Gasteiger charge is -2.27. The third-order valence-corrected chi connectivity index (χ3v) is 6.13. The first-order valence-corrected chi connectivity index (χ1v) is 9.86. The zero-order chi connectivity index (χ0) is 20.9. The summed E-state index contributed by atoms with van der Waals surface area (Å²) in [6, 6.07) is 10.7. The quantitative estimate of drug-likeness (QED) is 0.498. The van der Waals surface area contributed by atoms with Gasteiger partial charge in [0.15, 0.2) is 0 Å². The number of benzene rings is 3. The van der Waals surface area contributed by atoms with Crippen molar-refractivity contribution < 1.29 is 20.1 Å². The van der Waals surface area contributed by atoms with Gasteiger partial charge in [-0.15, -0.1) is 0 Å². The maximum atomic E-state index is 10.7. The molecule has 4 nitrogen and oxygen atoms in total. The summed E-state index contributed by atoms with van der Waals surface area (Å²) >= 11 is 0. The van der Waals surface area contributed by atoms with Gasteiger partial charge in [0.2, 0.25) is 0 Å². The van der Waals surface area contributed by atoms with Gasteiger partial charge in [-0.25, -0.2) is 0 Å². The Bertz CT molecular complexity index is 1110. The average Bonchev–Trinajstić information content (AvgIpc) is 2.64. The van der Waals surface area contributed by atoms with Crippen molar-refractivity contribution in [1.82, 2.24) is 0 Å². The van der Waals surface area contributed by atoms with Gasteiger partial charge < -0.3 is 20.1 Å². The predicted octanol–water partition coefficient (Wildman–Crippen LogP) is 5.71. The number of fused-ring (bicyclic) bond motifs is 2. The number of hydrogen-bond donors (Lipinski definition) is 3. The Morgan fingerprint density at radius 3 is 2.24 bits per heavy atom. The molecule has 0 aliphatic carbocycles. The van der Waals surface area contributed by atoms with Gasteiger partial charge in [-0.1, -0.05) is 12.1 Å². The molecule has 0 bridgehead atoms. The molecule has 0 aromatic heterocycles. The van der Waals surface area contributed by atoms with Crippen LogP contribution in [0.2, 0.25) is 0 Å². The van der Waals surface area contributed by atoms with E-state index in [0.29, 0.717) is 18.6 Å². The fraction of sp³-hybridized carbons (Fsp3) is 0.280. The SMILES string of the molecule is Cc1cc2c(cc1C)Oc1c(C)c(C)cc(O)c1CC(c1ccc(O)cc1O)C2. The van der Waals surface area contributed by atoms with E-state index in [0.717, 1.165) is 39.1 Å². The molecular formula is C25H26O4. The smallest absolute Gasteiger partial charge is 0.137 e. The number of hydrogen-bond acceptors (Lipinski definition) is 4. The zero-order valence-electron chi connectivity index (χ0n) is 17.2. The summed E-state index contributed by atoms with van der Waals surface area (Å²) in [5, 5.41) is 30.9. The molecule has 1 aliphatic heterocycles. The molecule has 3 N–H and O–H groups in total. The van der Waals surface area contributed by atoms with Crippen LogP contribution >= 0.6 is 0 Å². The average molecular weight is 390 g/mol. The zero-order valence-corrected chi connectivity index (χ0v) is 17.2. The van der Waals surface area contributed by atoms with E-state index in [1.807, 2.05) is 19.9 Å². The molecule has 0 amide bonds. The molecule has 3 aromatic rings. The van der Waals surface area contributed by atoms with Crippen molar-refractivity contribution in [2.24, 2.45) is 0 Å². The van der Waals surface area contributed by atoms with E-state index in [9.17, 15) is 15.3 Å². The van der Waals surface area contributed by atoms with E-state index in [-0.39, 0.29) is 23.2 Å². The summed E-state index contributed by atoms with van der Waals surface area (Å²) < 4.78 is 6.38. The highest BCUT2D eigenvalue weighted by Gasteiger charge is 2.27. The standard InChI is InChI=1S/C25H26O4/c1-13-7-18-10-17(20-6-5-19(26)12-23(20)28)11-21-22(27)8-15(3)16(4)25(21)29-24(18)9-14(13)2/h5-9,12,17,26-28H,10-11H2,1-4H3. The molecule has 1 aliphatic rings. The highest BCUT2D eigenvalue weighted by Crippen LogP contribution is 2.45. The fourth-order valence-corrected chi connectivity index (χ4v) is 4.15. The summed E-state index contributed by atoms with van der Waals surface area (Å²) in [5.41, 5.74) is 6.85. The molecule has 29 heavy (non-hydrogen) atoms. The first-order chi connectivity index (χ1) is 13.7. The van der Waals surface area contributed by atoms with Gasteiger partial charge in [-0.05, 0) is 98.0 Å². The van der Waals surface area contributed by atoms with Crippen molar-refractivity contribution in [3.8, 4) is 28.7 Å². The van der Waals surface area contributed by atoms with E-state index in [1.165, 1.54) is 11.6 Å². The van der Waals surface area contributed by atoms with Crippen molar-refractivity contribution in [3.05, 3.63) is 75.3 Å². The van der Waals surface area contributed by atoms with E-state index < -0.39 is 0 Å². The van der Waals surface area contributed by atoms with Gasteiger partial charge in [0, 0.05) is 11.6 Å². The highest BCUT2D eigenvalue weighted by atomic mass is 16.5. The van der Waals surface area contributed by atoms with Gasteiger partial charge in [0.25, 0.3) is 0 Å². The second-order valence-corrected chi connectivity index (χ2v) is 8.14. The summed E-state index contributed by atoms with van der Waals surface area (Å²) in [6.45, 7) is 8.10. The maximum Gasteiger partial charge on any atom is 0.137 e. The molecule has 1 unspecified atom stereocenters. The Kier molecular flexibility index (Phi) is 4.65. The number of rotatable bonds is 1. The lowest BCUT2D eigenvalue weighted by Crippen LogP contribution is -2.13. The third kappa shape index (κ3) is 3.39. The van der Waals surface area contributed by atoms with Crippen LogP contribution in [0.4, 0.5) is 0 Å². The second-order valence-electron chi connectivity index (χ2n) is 8.14. The predicted molar refractivity (Wildman–Crippen MR) is 113 cm³/mol. The Labute approximate surface area is 171 Å². The molecule has 0 spiro atoms. The van der Waals surface area contributed by atoms with Crippen LogP contribution in [0.1, 0.15) is 44.9 Å². The summed E-state index contributed by atoms with van der Waals surface area (Å²) in [6.07, 6.45) is 1.17. The topological polar surface area (TPSA) is 69.9 Å². The van der Waals surface area contributed by atoms with Crippen molar-refractivity contribution in [1.29, 1.82) is 0 Å². The monoisotopic (exact) mass is 390 g/mol. The fourth-order valence-electron chi connectivity index (χ4n) is 4.15. The number of aryl methyl sites for hydroxylation is 3. The Hall–Kier alpha value is -3.14. The van der Waals surface area contributed by atoms with Gasteiger partial charge in [0.05, 0.1) is 0 Å². The van der Waals surface area contributed by atoms with E-state index in [4.69, 9.17) is 4.74 Å². The van der Waals surface area contributed by atoms with Crippen LogP contribution < -0.4 is 4.74 Å². The Morgan fingerprint density at radius 1 is 0.793 bits per heavy atom. The normalized spacial score (nSPS) is 15.7. The lowest BCUT2D eigenvalue weighted by molar-refractivity contribution is 0.415. The van der Waals surface area contributed by atoms with Gasteiger partial charge in [-0.3, -0.25) is 0 Å². The van der Waals surface area contributed by atoms with Crippen LogP contribution in [-0.4, -0.2) is 15.3 Å². The lowest BCUT2D eigenvalue weighted by atomic mass is 9.83. The van der Waals surface area contributed by atoms with Crippen LogP contribution in [-0.2, 0) is 12.8 Å². The van der Waals surface area contributed by atoms with Crippen molar-refractivity contribution in [2.45, 2.75) is 46.5 Å². The summed E-state index contributed by atoms with van der Waals surface area (Å²) in [4.78, 5) is 0. The molecule has 3 aromatic carbocycles. The molecule has 0 saturated carbocycles. The molecule has 0 saturated heterocycles. The first-order valence-electron chi connectivity index (χ1n) is 9.86. The van der Waals surface area contributed by atoms with Crippen LogP contribution in [0, 0.1) is 27.7 Å². The molecule has 1 heterocycles. The maximum absolute atomic E-state index is 10.7. The highest BCUT2D eigenvalue weighted by molar-refractivity contribution is 5.58. The Balaban J connectivity index is 1.95. The van der Waals surface area contributed by atoms with Crippen LogP contribution in [0.15, 0.2) is 36.4 Å². The minimum absolute atomic E-state index is 0.0296. The summed E-state index contributed by atoms with van der Waals surface area (Å²) in [7, 11) is 0. The molecule has 4 heteroatoms. The largest absolute Gasteiger partial charge is 0.508 e. The van der Waals surface area contributed by atoms with Crippen molar-refractivity contribution in [3.63, 3.8) is 0 Å². The van der Waals surface area contributed by atoms with Crippen LogP contribution in [0.3, 0.4) is 0 Å². The van der Waals surface area contributed by atoms with Crippen LogP contribution in [0.25, 0.3) is 0 Å². The van der Waals surface area contributed by atoms with Gasteiger partial charge in [0.1, 0.15) is 28.7 Å². The number of ether oxygens (including phenoxy) is 1. The number of phenolic OH excluding ortho intramolecular Hbond substituents is 3. The molecule has 0 fully saturated rings. The second kappa shape index (κ2) is 7.03. The Morgan fingerprint density at radius 2 is 1.52 bits per heavy atom. The van der Waals surface area contributed by atoms with Crippen molar-refractivity contribution >= 4 is 0 Å². The molecular weight excluding hydrogens is 364 g/mol.